The number of carbonyl (C=O) groups excluding carboxylic acids is 9. The topological polar surface area (TPSA) is 572 Å². The van der Waals surface area contributed by atoms with E-state index in [-0.39, 0.29) is 77.8 Å². The van der Waals surface area contributed by atoms with E-state index in [0.29, 0.717) is 10.8 Å². The highest BCUT2D eigenvalue weighted by Gasteiger charge is 2.52. The Hall–Kier alpha value is -11.5. The van der Waals surface area contributed by atoms with Crippen LogP contribution in [0.2, 0.25) is 5.02 Å². The van der Waals surface area contributed by atoms with Crippen LogP contribution >= 0.6 is 11.6 Å². The number of nitrogens with one attached hydrogen (secondary N) is 9. The third-order valence-corrected chi connectivity index (χ3v) is 21.0. The zero-order valence-corrected chi connectivity index (χ0v) is 64.3. The first-order valence-electron chi connectivity index (χ1n) is 37.4. The highest BCUT2D eigenvalue weighted by Crippen LogP contribution is 2.49. The van der Waals surface area contributed by atoms with Crippen molar-refractivity contribution in [3.05, 3.63) is 160 Å². The van der Waals surface area contributed by atoms with Gasteiger partial charge in [-0.3, -0.25) is 43.2 Å². The third kappa shape index (κ3) is 18.8. The lowest BCUT2D eigenvalue weighted by molar-refractivity contribution is -0.333. The van der Waals surface area contributed by atoms with Gasteiger partial charge in [-0.25, -0.2) is 0 Å². The van der Waals surface area contributed by atoms with Crippen LogP contribution < -0.4 is 73.5 Å². The molecule has 23 N–H and O–H groups in total. The van der Waals surface area contributed by atoms with Gasteiger partial charge < -0.3 is 139 Å². The Balaban J connectivity index is 1.01. The minimum absolute atomic E-state index is 0.0297. The molecule has 7 heterocycles. The summed E-state index contributed by atoms with van der Waals surface area (Å²) < 4.78 is 38.7. The highest BCUT2D eigenvalue weighted by molar-refractivity contribution is 6.32. The summed E-state index contributed by atoms with van der Waals surface area (Å²) in [5.74, 6) is -15.0. The van der Waals surface area contributed by atoms with Crippen LogP contribution in [-0.4, -0.2) is 210 Å². The Bertz CT molecular complexity index is 4980. The van der Waals surface area contributed by atoms with Crippen molar-refractivity contribution >= 4 is 75.5 Å². The molecule has 18 atom stereocenters. The molecular weight excluding hydrogens is 1550 g/mol. The number of fused-ring (bicyclic) bond motifs is 16. The number of phenols is 4. The van der Waals surface area contributed by atoms with Crippen molar-refractivity contribution in [1.82, 2.24) is 47.9 Å². The number of halogens is 1. The molecule has 7 aliphatic heterocycles. The van der Waals surface area contributed by atoms with Crippen molar-refractivity contribution in [1.29, 1.82) is 0 Å². The van der Waals surface area contributed by atoms with Gasteiger partial charge in [0.25, 0.3) is 5.91 Å². The SMILES string of the molecule is CN[C@H](CC(C)C)C(=O)N[C@H]1C(=O)N[C@@H](CC(N)=O)C(=O)NC2C(=O)N[C@H]3C(=O)N[C@H](C(=O)NC(C(=O)NCCCNC(=O)c4ccc5cc(O)ccc5c4)c4cc(O)cc(O)c4-c4cc3ccc4O)[C@H](O)c3ccc(c(Cl)c3)Oc3cc2cc(c3O[C@@H]2O[C@H](CO)[C@@H](O)[C@H](O)[C@H]2OC2C[C@](C)(N)[C@H](O)[C@H](C)O2)Oc2ccc(cc2)[C@H]1O. The summed E-state index contributed by atoms with van der Waals surface area (Å²) >= 11 is 7.18. The molecule has 9 amide bonds. The molecule has 622 valence electrons. The molecule has 2 saturated heterocycles. The second-order valence-corrected chi connectivity index (χ2v) is 30.3. The van der Waals surface area contributed by atoms with Crippen LogP contribution in [0.5, 0.6) is 51.7 Å². The zero-order chi connectivity index (χ0) is 84.3. The van der Waals surface area contributed by atoms with Crippen LogP contribution in [-0.2, 0) is 52.6 Å². The van der Waals surface area contributed by atoms with Gasteiger partial charge >= 0.3 is 0 Å². The van der Waals surface area contributed by atoms with Gasteiger partial charge in [-0.1, -0.05) is 61.8 Å². The molecule has 117 heavy (non-hydrogen) atoms. The van der Waals surface area contributed by atoms with E-state index in [4.69, 9.17) is 51.5 Å². The summed E-state index contributed by atoms with van der Waals surface area (Å²) in [5.41, 5.74) is 8.84. The first-order chi connectivity index (χ1) is 55.6. The van der Waals surface area contributed by atoms with Gasteiger partial charge in [0, 0.05) is 47.8 Å². The Labute approximate surface area is 672 Å². The molecule has 37 heteroatoms. The Morgan fingerprint density at radius 3 is 2.03 bits per heavy atom. The number of benzene rings is 7. The normalized spacial score (nSPS) is 26.9. The van der Waals surface area contributed by atoms with Crippen LogP contribution in [0, 0.1) is 5.92 Å². The third-order valence-electron chi connectivity index (χ3n) is 20.7. The molecule has 0 spiro atoms. The van der Waals surface area contributed by atoms with Crippen LogP contribution in [0.15, 0.2) is 121 Å². The lowest BCUT2D eigenvalue weighted by Crippen LogP contribution is -2.64. The van der Waals surface area contributed by atoms with E-state index in [0.717, 1.165) is 54.6 Å². The first-order valence-corrected chi connectivity index (χ1v) is 37.8. The summed E-state index contributed by atoms with van der Waals surface area (Å²) in [6.07, 6.45) is -18.3. The van der Waals surface area contributed by atoms with Crippen molar-refractivity contribution in [2.75, 3.05) is 26.7 Å². The highest BCUT2D eigenvalue weighted by atomic mass is 35.5. The molecule has 7 aliphatic rings. The molecule has 0 aromatic heterocycles. The number of phenolic OH excluding ortho intramolecular Hbond substituents is 4. The van der Waals surface area contributed by atoms with E-state index in [1.165, 1.54) is 63.4 Å². The number of nitrogens with two attached hydrogens (primary N) is 2. The standard InChI is InChI=1S/C80H90ClN11O25/c1-33(2)21-48(84-5)72(105)91-62-64(99)35-10-15-44(16-11-35)113-53-26-41-27-54(68(53)117-79-69(67(102)66(101)55(32-93)115-79)116-57-31-80(4,83)70(103)34(3)112-57)114-52-18-13-39(25-47(52)81)65(100)63-78(111)90-61(74(107)86-20-6-19-85-71(104)40-8-7-37-23-42(94)14-9-36(37)22-40)46-28-43(95)29-51(97)58(46)45-24-38(12-17-50(45)96)59(75(108)92-63)89-76(109)60(41)88-73(106)49(30-56(82)98)87-77(62)110/h7-18,22-29,33-34,48-49,55,57,59-67,69-70,79,84,93-97,99-103H,6,19-21,30-32,83H2,1-5H3,(H2,82,98)(H,85,104)(H,86,107)(H,87,110)(H,88,106)(H,89,109)(H,90,111)(H,91,105)(H,92,108)/t34-,48+,49-,55+,57?,59+,60?,61?,62+,63-,64+,65+,66+,67-,69+,70+,79-,80-/m0/s1. The quantitative estimate of drug-likeness (QED) is 0.0536. The van der Waals surface area contributed by atoms with E-state index < -0.39 is 237 Å². The minimum Gasteiger partial charge on any atom is -0.508 e. The van der Waals surface area contributed by atoms with Crippen molar-refractivity contribution < 1.29 is 123 Å². The fraction of sp³-hybridized carbons (Fsp3) is 0.388. The van der Waals surface area contributed by atoms with E-state index in [9.17, 15) is 75.0 Å². The molecule has 3 unspecified atom stereocenters. The maximum atomic E-state index is 16.3. The van der Waals surface area contributed by atoms with Gasteiger partial charge in [0.05, 0.1) is 36.3 Å². The Kier molecular flexibility index (Phi) is 25.8. The minimum atomic E-state index is -2.33. The molecule has 2 fully saturated rings. The van der Waals surface area contributed by atoms with E-state index in [1.54, 1.807) is 24.3 Å². The molecule has 36 nitrogen and oxygen atoms in total. The summed E-state index contributed by atoms with van der Waals surface area (Å²) in [7, 11) is 1.49. The molecule has 0 saturated carbocycles. The number of aliphatic hydroxyl groups is 6. The van der Waals surface area contributed by atoms with Crippen LogP contribution in [0.1, 0.15) is 122 Å². The van der Waals surface area contributed by atoms with E-state index in [1.807, 2.05) is 13.8 Å². The van der Waals surface area contributed by atoms with Crippen molar-refractivity contribution in [3.63, 3.8) is 0 Å². The number of aromatic hydroxyl groups is 4. The molecular formula is C80H90ClN11O25. The number of primary amides is 1. The zero-order valence-electron chi connectivity index (χ0n) is 63.5. The van der Waals surface area contributed by atoms with Gasteiger partial charge in [0.15, 0.2) is 23.9 Å². The van der Waals surface area contributed by atoms with Gasteiger partial charge in [0.1, 0.15) is 101 Å². The first kappa shape index (κ1) is 84.9. The fourth-order valence-corrected chi connectivity index (χ4v) is 14.8. The van der Waals surface area contributed by atoms with Gasteiger partial charge in [-0.15, -0.1) is 0 Å². The van der Waals surface area contributed by atoms with E-state index >= 15 is 19.2 Å². The van der Waals surface area contributed by atoms with Crippen molar-refractivity contribution in [2.45, 2.75) is 163 Å². The van der Waals surface area contributed by atoms with E-state index in [2.05, 4.69) is 47.9 Å². The van der Waals surface area contributed by atoms with Crippen LogP contribution in [0.25, 0.3) is 21.9 Å². The summed E-state index contributed by atoms with van der Waals surface area (Å²) in [4.78, 5) is 134. The molecule has 0 aliphatic carbocycles. The predicted molar refractivity (Wildman–Crippen MR) is 412 cm³/mol. The summed E-state index contributed by atoms with van der Waals surface area (Å²) in [5, 5.41) is 140. The maximum absolute atomic E-state index is 16.3. The Morgan fingerprint density at radius 2 is 1.33 bits per heavy atom. The summed E-state index contributed by atoms with van der Waals surface area (Å²) in [6, 6.07) is 11.2. The summed E-state index contributed by atoms with van der Waals surface area (Å²) in [6.45, 7) is 5.46. The van der Waals surface area contributed by atoms with Crippen LogP contribution in [0.3, 0.4) is 0 Å². The fourth-order valence-electron chi connectivity index (χ4n) is 14.5. The molecule has 7 aromatic carbocycles. The average Bonchev–Trinajstić information content (AvgIpc) is 0.775. The lowest BCUT2D eigenvalue weighted by Gasteiger charge is -2.47. The maximum Gasteiger partial charge on any atom is 0.251 e. The largest absolute Gasteiger partial charge is 0.508 e. The number of likely N-dealkylation sites (N-methyl/N-ethyl adjacent to an activating group) is 1. The lowest BCUT2D eigenvalue weighted by atomic mass is 9.86. The monoisotopic (exact) mass is 1640 g/mol. The number of hydrogen-bond donors (Lipinski definition) is 21. The number of ether oxygens (including phenoxy) is 6. The van der Waals surface area contributed by atoms with Crippen molar-refractivity contribution in [2.24, 2.45) is 17.4 Å². The number of hydrogen-bond acceptors (Lipinski definition) is 27. The second-order valence-electron chi connectivity index (χ2n) is 29.9. The smallest absolute Gasteiger partial charge is 0.251 e. The second kappa shape index (κ2) is 35.5. The number of amides is 9. The molecule has 11 bridgehead atoms. The molecule has 0 radical (unpaired) electrons. The molecule has 7 aromatic rings. The Morgan fingerprint density at radius 1 is 0.667 bits per heavy atom. The van der Waals surface area contributed by atoms with Gasteiger partial charge in [0.2, 0.25) is 59.3 Å². The predicted octanol–water partition coefficient (Wildman–Crippen LogP) is 1.16. The van der Waals surface area contributed by atoms with Gasteiger partial charge in [-0.05, 0) is 157 Å². The average molecular weight is 1640 g/mol. The van der Waals surface area contributed by atoms with Crippen molar-refractivity contribution in [3.8, 4) is 62.9 Å². The van der Waals surface area contributed by atoms with Gasteiger partial charge in [-0.2, -0.15) is 0 Å². The number of aliphatic hydroxyl groups excluding tert-OH is 6. The number of rotatable bonds is 18. The number of carbonyl (C=O) groups is 9. The van der Waals surface area contributed by atoms with Crippen LogP contribution in [0.4, 0.5) is 0 Å². The molecule has 14 rings (SSSR count).